The van der Waals surface area contributed by atoms with Gasteiger partial charge in [0.25, 0.3) is 0 Å². The van der Waals surface area contributed by atoms with Crippen LogP contribution >= 0.6 is 35.1 Å². The number of phosphoric acid groups is 3. The van der Waals surface area contributed by atoms with Crippen LogP contribution in [0.3, 0.4) is 0 Å². The number of hydrogen-bond acceptors (Lipinski definition) is 17. The van der Waals surface area contributed by atoms with Crippen LogP contribution in [-0.4, -0.2) is 105 Å². The highest BCUT2D eigenvalue weighted by Crippen LogP contribution is 2.55. The Hall–Kier alpha value is -1.21. The summed E-state index contributed by atoms with van der Waals surface area (Å²) >= 11 is 4.72. The van der Waals surface area contributed by atoms with Crippen molar-refractivity contribution < 1.29 is 94.0 Å². The zero-order valence-electron chi connectivity index (χ0n) is 37.6. The molecule has 4 N–H and O–H groups in total. The molecular formula is C33H74ClO20P3. The molecule has 0 bridgehead atoms. The first-order valence-corrected chi connectivity index (χ1v) is 22.4. The second-order valence-electron chi connectivity index (χ2n) is 14.9. The van der Waals surface area contributed by atoms with Crippen LogP contribution in [0.25, 0.3) is 0 Å². The van der Waals surface area contributed by atoms with E-state index in [1.165, 1.54) is 13.8 Å². The molecule has 0 aliphatic heterocycles. The van der Waals surface area contributed by atoms with Crippen LogP contribution in [0.5, 0.6) is 0 Å². The van der Waals surface area contributed by atoms with Crippen LogP contribution in [0.15, 0.2) is 0 Å². The van der Waals surface area contributed by atoms with Gasteiger partial charge in [-0.2, -0.15) is 0 Å². The number of methoxy groups -OCH3 is 1. The average molecular weight is 919 g/mol. The van der Waals surface area contributed by atoms with Crippen molar-refractivity contribution in [3.63, 3.8) is 0 Å². The standard InChI is InChI=1S/C11H23O6P.C8H19O4P.C6H13O6P.C3H5ClO2.C3H8O.C2H6O/c1-8-14-9(12)15-18(13,16-10(2,3)4)17-11(5,6)7;1-7(2,3)11-13(9,10)12-8(4,5)6;1-4-11-6(2,3)5(7)12-13(8,9)10;1-2-6-3(4)5;1-3-4-2;1-2-3/h8H2,1-7H3;1-6H3,(H,9,10);4H2,1-3H3,(H2,8,9,10);2H2,1H3;3H2,1-2H3;3H,2H2,1H3. The van der Waals surface area contributed by atoms with E-state index < -0.39 is 69.0 Å². The lowest BCUT2D eigenvalue weighted by Gasteiger charge is -2.29. The van der Waals surface area contributed by atoms with Crippen molar-refractivity contribution in [3.05, 3.63) is 0 Å². The zero-order valence-corrected chi connectivity index (χ0v) is 41.0. The molecular weight excluding hydrogens is 845 g/mol. The number of ether oxygens (including phenoxy) is 4. The van der Waals surface area contributed by atoms with E-state index in [9.17, 15) is 33.0 Å². The largest absolute Gasteiger partial charge is 0.535 e. The number of rotatable bonds is 12. The van der Waals surface area contributed by atoms with Gasteiger partial charge in [-0.25, -0.2) is 28.1 Å². The maximum Gasteiger partial charge on any atom is 0.535 e. The fourth-order valence-electron chi connectivity index (χ4n) is 2.42. The van der Waals surface area contributed by atoms with E-state index in [0.29, 0.717) is 6.61 Å². The van der Waals surface area contributed by atoms with Crippen molar-refractivity contribution in [1.29, 1.82) is 0 Å². The Morgan fingerprint density at radius 3 is 1.07 bits per heavy atom. The first-order valence-electron chi connectivity index (χ1n) is 17.5. The molecule has 348 valence electrons. The van der Waals surface area contributed by atoms with Crippen molar-refractivity contribution in [2.24, 2.45) is 0 Å². The molecule has 57 heavy (non-hydrogen) atoms. The monoisotopic (exact) mass is 918 g/mol. The molecule has 0 radical (unpaired) electrons. The van der Waals surface area contributed by atoms with Gasteiger partial charge in [-0.15, -0.1) is 0 Å². The Labute approximate surface area is 345 Å². The first kappa shape index (κ1) is 67.6. The molecule has 0 fully saturated rings. The summed E-state index contributed by atoms with van der Waals surface area (Å²) in [5.74, 6) is -1.08. The van der Waals surface area contributed by atoms with Crippen LogP contribution in [-0.2, 0) is 64.6 Å². The maximum absolute atomic E-state index is 12.4. The van der Waals surface area contributed by atoms with Crippen LogP contribution in [0, 0.1) is 0 Å². The van der Waals surface area contributed by atoms with Crippen molar-refractivity contribution in [1.82, 2.24) is 0 Å². The van der Waals surface area contributed by atoms with Gasteiger partial charge in [0, 0.05) is 38.5 Å². The quantitative estimate of drug-likeness (QED) is 0.0806. The molecule has 0 unspecified atom stereocenters. The molecule has 0 atom stereocenters. The lowest BCUT2D eigenvalue weighted by atomic mass is 10.1. The second-order valence-corrected chi connectivity index (χ2v) is 19.1. The van der Waals surface area contributed by atoms with Gasteiger partial charge < -0.3 is 38.0 Å². The Bertz CT molecular complexity index is 1170. The summed E-state index contributed by atoms with van der Waals surface area (Å²) in [6.07, 6.45) is -1.07. The number of carbonyl (C=O) groups excluding carboxylic acids is 3. The van der Waals surface area contributed by atoms with Gasteiger partial charge in [0.1, 0.15) is 0 Å². The van der Waals surface area contributed by atoms with Crippen molar-refractivity contribution in [3.8, 4) is 0 Å². The Balaban J connectivity index is -0.000000150. The van der Waals surface area contributed by atoms with E-state index >= 15 is 0 Å². The summed E-state index contributed by atoms with van der Waals surface area (Å²) in [4.78, 5) is 57.8. The van der Waals surface area contributed by atoms with E-state index in [1.807, 2.05) is 6.92 Å². The molecule has 0 saturated heterocycles. The van der Waals surface area contributed by atoms with Gasteiger partial charge in [-0.05, 0) is 132 Å². The van der Waals surface area contributed by atoms with Crippen LogP contribution < -0.4 is 0 Å². The van der Waals surface area contributed by atoms with Crippen molar-refractivity contribution >= 4 is 52.6 Å². The van der Waals surface area contributed by atoms with Gasteiger partial charge in [0.2, 0.25) is 0 Å². The molecule has 0 aromatic rings. The van der Waals surface area contributed by atoms with Gasteiger partial charge in [0.05, 0.1) is 35.6 Å². The first-order chi connectivity index (χ1) is 25.1. The van der Waals surface area contributed by atoms with E-state index in [2.05, 4.69) is 23.3 Å². The molecule has 0 aliphatic rings. The lowest BCUT2D eigenvalue weighted by Crippen LogP contribution is -2.36. The molecule has 0 amide bonds. The third-order valence-corrected chi connectivity index (χ3v) is 7.73. The molecule has 0 aliphatic carbocycles. The van der Waals surface area contributed by atoms with Crippen LogP contribution in [0.2, 0.25) is 0 Å². The SMILES string of the molecule is CC(C)(C)OP(=O)(O)OC(C)(C)C.CCO.CCOC.CCOC(=O)Cl.CCOC(=O)OP(=O)(OC(C)(C)C)OC(C)(C)C.CCOC(C)(C)C(=O)OP(=O)(O)O. The van der Waals surface area contributed by atoms with Gasteiger partial charge >= 0.3 is 41.0 Å². The fraction of sp³-hybridized carbons (Fsp3) is 0.909. The molecule has 0 rings (SSSR count). The molecule has 0 aromatic carbocycles. The summed E-state index contributed by atoms with van der Waals surface area (Å²) in [5, 5.41) is 7.57. The van der Waals surface area contributed by atoms with E-state index in [0.717, 1.165) is 6.61 Å². The minimum absolute atomic E-state index is 0.115. The van der Waals surface area contributed by atoms with Crippen LogP contribution in [0.1, 0.15) is 132 Å². The van der Waals surface area contributed by atoms with Gasteiger partial charge in [-0.1, -0.05) is 0 Å². The number of halogens is 1. The van der Waals surface area contributed by atoms with Gasteiger partial charge in [-0.3, -0.25) is 27.9 Å². The number of hydrogen-bond donors (Lipinski definition) is 4. The highest BCUT2D eigenvalue weighted by molar-refractivity contribution is 7.49. The maximum atomic E-state index is 12.4. The van der Waals surface area contributed by atoms with Crippen molar-refractivity contribution in [2.45, 2.75) is 160 Å². The normalized spacial score (nSPS) is 12.1. The lowest BCUT2D eigenvalue weighted by molar-refractivity contribution is -0.159. The third-order valence-electron chi connectivity index (χ3n) is 3.74. The third kappa shape index (κ3) is 61.6. The molecule has 24 heteroatoms. The number of aliphatic hydroxyl groups excluding tert-OH is 1. The smallest absolute Gasteiger partial charge is 0.454 e. The predicted octanol–water partition coefficient (Wildman–Crippen LogP) is 9.09. The Kier molecular flexibility index (Phi) is 37.5. The van der Waals surface area contributed by atoms with E-state index in [1.54, 1.807) is 118 Å². The fourth-order valence-corrected chi connectivity index (χ4v) is 6.08. The number of aliphatic hydroxyl groups is 1. The zero-order chi connectivity index (χ0) is 47.3. The highest BCUT2D eigenvalue weighted by Gasteiger charge is 2.41. The Morgan fingerprint density at radius 1 is 0.561 bits per heavy atom. The average Bonchev–Trinajstić information content (AvgIpc) is 2.88. The summed E-state index contributed by atoms with van der Waals surface area (Å²) in [6, 6.07) is 0. The second kappa shape index (κ2) is 31.6. The minimum Gasteiger partial charge on any atom is -0.454 e. The predicted molar refractivity (Wildman–Crippen MR) is 216 cm³/mol. The summed E-state index contributed by atoms with van der Waals surface area (Å²) in [7, 11) is -11.0. The Morgan fingerprint density at radius 2 is 0.877 bits per heavy atom. The highest BCUT2D eigenvalue weighted by atomic mass is 35.5. The van der Waals surface area contributed by atoms with E-state index in [-0.39, 0.29) is 19.8 Å². The van der Waals surface area contributed by atoms with Crippen molar-refractivity contribution in [2.75, 3.05) is 40.1 Å². The summed E-state index contributed by atoms with van der Waals surface area (Å²) in [6.45, 7) is 33.4. The summed E-state index contributed by atoms with van der Waals surface area (Å²) in [5.41, 5.74) is -5.01. The molecule has 0 aromatic heterocycles. The molecule has 20 nitrogen and oxygen atoms in total. The van der Waals surface area contributed by atoms with Crippen LogP contribution in [0.4, 0.5) is 9.59 Å². The summed E-state index contributed by atoms with van der Waals surface area (Å²) < 4.78 is 81.0. The minimum atomic E-state index is -4.77. The number of phosphoric ester groups is 3. The van der Waals surface area contributed by atoms with E-state index in [4.69, 9.17) is 49.3 Å². The molecule has 0 heterocycles. The number of carbonyl (C=O) groups is 3. The topological polar surface area (TPSA) is 276 Å². The van der Waals surface area contributed by atoms with Gasteiger partial charge in [0.15, 0.2) is 5.60 Å². The molecule has 0 saturated carbocycles. The molecule has 0 spiro atoms.